The van der Waals surface area contributed by atoms with Gasteiger partial charge in [-0.1, -0.05) is 6.07 Å². The summed E-state index contributed by atoms with van der Waals surface area (Å²) >= 11 is 1.25. The molecule has 1 aliphatic carbocycles. The molecule has 0 atom stereocenters. The van der Waals surface area contributed by atoms with Gasteiger partial charge in [-0.05, 0) is 72.6 Å². The molecule has 0 radical (unpaired) electrons. The minimum atomic E-state index is -0.686. The Hall–Kier alpha value is -3.02. The predicted octanol–water partition coefficient (Wildman–Crippen LogP) is 4.75. The van der Waals surface area contributed by atoms with Crippen LogP contribution in [-0.2, 0) is 9.31 Å². The fourth-order valence-corrected chi connectivity index (χ4v) is 4.63. The molecule has 0 spiro atoms. The fourth-order valence-electron chi connectivity index (χ4n) is 3.83. The van der Waals surface area contributed by atoms with Gasteiger partial charge in [0, 0.05) is 39.6 Å². The van der Waals surface area contributed by atoms with Gasteiger partial charge in [-0.25, -0.2) is 13.8 Å². The van der Waals surface area contributed by atoms with Crippen LogP contribution in [0, 0.1) is 25.5 Å². The lowest BCUT2D eigenvalue weighted by Crippen LogP contribution is -2.41. The van der Waals surface area contributed by atoms with Crippen molar-refractivity contribution in [3.63, 3.8) is 0 Å². The molecule has 1 aliphatic heterocycles. The predicted molar refractivity (Wildman–Crippen MR) is 148 cm³/mol. The van der Waals surface area contributed by atoms with Crippen LogP contribution in [0.5, 0.6) is 0 Å². The molecule has 2 fully saturated rings. The van der Waals surface area contributed by atoms with Gasteiger partial charge < -0.3 is 26.1 Å². The van der Waals surface area contributed by atoms with E-state index in [-0.39, 0.29) is 23.5 Å². The molecule has 11 heteroatoms. The highest BCUT2D eigenvalue weighted by Crippen LogP contribution is 2.37. The molecule has 3 aromatic rings. The number of aromatic nitrogens is 1. The molecule has 1 amide bonds. The molecule has 5 N–H and O–H groups in total. The number of benzene rings is 2. The monoisotopic (exact) mass is 542 g/mol. The van der Waals surface area contributed by atoms with Crippen LogP contribution < -0.4 is 22.2 Å². The number of carbonyl (C=O) groups is 1. The minimum absolute atomic E-state index is 0.238. The van der Waals surface area contributed by atoms with Gasteiger partial charge in [0.15, 0.2) is 0 Å². The van der Waals surface area contributed by atoms with E-state index in [4.69, 9.17) is 20.8 Å². The first-order valence-corrected chi connectivity index (χ1v) is 13.3. The molecule has 2 aromatic carbocycles. The summed E-state index contributed by atoms with van der Waals surface area (Å²) in [5, 5.41) is 2.87. The third kappa shape index (κ3) is 5.41. The van der Waals surface area contributed by atoms with Crippen molar-refractivity contribution in [2.24, 2.45) is 0 Å². The van der Waals surface area contributed by atoms with Crippen LogP contribution in [0.3, 0.4) is 0 Å². The van der Waals surface area contributed by atoms with Crippen LogP contribution in [0.15, 0.2) is 29.8 Å². The van der Waals surface area contributed by atoms with Gasteiger partial charge in [0.2, 0.25) is 0 Å². The maximum atomic E-state index is 14.3. The molecule has 7 nitrogen and oxygen atoms in total. The van der Waals surface area contributed by atoms with Crippen LogP contribution >= 0.6 is 11.3 Å². The molecular formula is C27H33BF2N4O3S. The Morgan fingerprint density at radius 2 is 1.55 bits per heavy atom. The Balaban J connectivity index is 0.000000178. The third-order valence-electron chi connectivity index (χ3n) is 7.33. The smallest absolute Gasteiger partial charge is 0.399 e. The second-order valence-electron chi connectivity index (χ2n) is 10.7. The van der Waals surface area contributed by atoms with Gasteiger partial charge in [0.25, 0.3) is 5.91 Å². The zero-order chi connectivity index (χ0) is 28.0. The maximum Gasteiger partial charge on any atom is 0.497 e. The molecule has 38 heavy (non-hydrogen) atoms. The van der Waals surface area contributed by atoms with E-state index in [1.54, 1.807) is 43.6 Å². The van der Waals surface area contributed by atoms with Gasteiger partial charge in [0.1, 0.15) is 17.3 Å². The molecule has 0 unspecified atom stereocenters. The molecule has 1 aromatic heterocycles. The topological polar surface area (TPSA) is 112 Å². The minimum Gasteiger partial charge on any atom is -0.399 e. The van der Waals surface area contributed by atoms with E-state index in [1.807, 2.05) is 27.7 Å². The van der Waals surface area contributed by atoms with Crippen molar-refractivity contribution in [1.29, 1.82) is 0 Å². The lowest BCUT2D eigenvalue weighted by Gasteiger charge is -2.32. The number of nitrogens with two attached hydrogens (primary N) is 2. The first kappa shape index (κ1) is 28.0. The Morgan fingerprint density at radius 3 is 2.13 bits per heavy atom. The van der Waals surface area contributed by atoms with Crippen molar-refractivity contribution in [2.75, 3.05) is 11.5 Å². The molecule has 1 saturated carbocycles. The lowest BCUT2D eigenvalue weighted by molar-refractivity contribution is 0.00578. The standard InChI is InChI=1S/C14H14FN3OS.C13H19BFNO2/c1-7-10(16)5-4-9(11(7)15)13-12(17-6-20-13)14(19)18-8-2-3-8;1-8-10(16)7-6-9(11(8)15)14-17-12(2,3)13(4,5)18-14/h4-6,8H,2-3,16H2,1H3,(H,18,19);6-7H,16H2,1-5H3. The number of nitrogen functional groups attached to an aromatic ring is 2. The maximum absolute atomic E-state index is 14.3. The lowest BCUT2D eigenvalue weighted by atomic mass is 9.77. The zero-order valence-electron chi connectivity index (χ0n) is 22.4. The summed E-state index contributed by atoms with van der Waals surface area (Å²) in [7, 11) is -0.686. The molecule has 0 bridgehead atoms. The van der Waals surface area contributed by atoms with Gasteiger partial charge in [-0.15, -0.1) is 11.3 Å². The van der Waals surface area contributed by atoms with Crippen LogP contribution in [0.1, 0.15) is 62.2 Å². The number of thiazole rings is 1. The number of rotatable bonds is 4. The van der Waals surface area contributed by atoms with Crippen molar-refractivity contribution in [3.05, 3.63) is 58.2 Å². The number of hydrogen-bond acceptors (Lipinski definition) is 7. The summed E-state index contributed by atoms with van der Waals surface area (Å²) in [4.78, 5) is 16.7. The highest BCUT2D eigenvalue weighted by atomic mass is 32.1. The van der Waals surface area contributed by atoms with Gasteiger partial charge in [-0.3, -0.25) is 4.79 Å². The van der Waals surface area contributed by atoms with Crippen molar-refractivity contribution in [3.8, 4) is 10.4 Å². The van der Waals surface area contributed by atoms with E-state index < -0.39 is 24.1 Å². The summed E-state index contributed by atoms with van der Waals surface area (Å²) in [5.41, 5.74) is 14.7. The van der Waals surface area contributed by atoms with Crippen LogP contribution in [0.2, 0.25) is 0 Å². The van der Waals surface area contributed by atoms with Gasteiger partial charge in [0.05, 0.1) is 21.6 Å². The average Bonchev–Trinajstić information content (AvgIpc) is 3.46. The summed E-state index contributed by atoms with van der Waals surface area (Å²) < 4.78 is 40.1. The molecule has 202 valence electrons. The van der Waals surface area contributed by atoms with Crippen molar-refractivity contribution < 1.29 is 22.9 Å². The van der Waals surface area contributed by atoms with Gasteiger partial charge >= 0.3 is 7.12 Å². The van der Waals surface area contributed by atoms with E-state index >= 15 is 0 Å². The molecule has 2 heterocycles. The Morgan fingerprint density at radius 1 is 1.00 bits per heavy atom. The number of nitrogens with one attached hydrogen (secondary N) is 1. The number of nitrogens with zero attached hydrogens (tertiary/aromatic N) is 1. The third-order valence-corrected chi connectivity index (χ3v) is 8.19. The summed E-state index contributed by atoms with van der Waals surface area (Å²) in [6.45, 7) is 11.0. The summed E-state index contributed by atoms with van der Waals surface area (Å²) in [6.07, 6.45) is 2.00. The molecule has 1 saturated heterocycles. The number of halogens is 2. The van der Waals surface area contributed by atoms with Crippen LogP contribution in [0.25, 0.3) is 10.4 Å². The summed E-state index contributed by atoms with van der Waals surface area (Å²) in [5.74, 6) is -0.985. The van der Waals surface area contributed by atoms with E-state index in [0.717, 1.165) is 12.8 Å². The van der Waals surface area contributed by atoms with E-state index in [1.165, 1.54) is 11.3 Å². The van der Waals surface area contributed by atoms with Crippen molar-refractivity contribution >= 4 is 41.2 Å². The Labute approximate surface area is 226 Å². The van der Waals surface area contributed by atoms with Crippen LogP contribution in [-0.4, -0.2) is 35.3 Å². The Bertz CT molecular complexity index is 1360. The van der Waals surface area contributed by atoms with Crippen molar-refractivity contribution in [1.82, 2.24) is 10.3 Å². The number of hydrogen-bond donors (Lipinski definition) is 3. The molecular weight excluding hydrogens is 509 g/mol. The second kappa shape index (κ2) is 10.3. The van der Waals surface area contributed by atoms with E-state index in [9.17, 15) is 13.6 Å². The Kier molecular flexibility index (Phi) is 7.57. The fraction of sp³-hybridized carbons (Fsp3) is 0.407. The largest absolute Gasteiger partial charge is 0.497 e. The average molecular weight is 542 g/mol. The second-order valence-corrected chi connectivity index (χ2v) is 11.5. The summed E-state index contributed by atoms with van der Waals surface area (Å²) in [6, 6.07) is 6.79. The normalized spacial score (nSPS) is 17.6. The highest BCUT2D eigenvalue weighted by molar-refractivity contribution is 7.13. The first-order valence-electron chi connectivity index (χ1n) is 12.4. The van der Waals surface area contributed by atoms with Gasteiger partial charge in [-0.2, -0.15) is 0 Å². The SMILES string of the molecule is Cc1c(N)ccc(-c2scnc2C(=O)NC2CC2)c1F.Cc1c(N)ccc(B2OC(C)(C)C(C)(C)O2)c1F. The van der Waals surface area contributed by atoms with Crippen molar-refractivity contribution in [2.45, 2.75) is 71.6 Å². The zero-order valence-corrected chi connectivity index (χ0v) is 23.3. The number of amides is 1. The van der Waals surface area contributed by atoms with E-state index in [2.05, 4.69) is 10.3 Å². The molecule has 5 rings (SSSR count). The first-order chi connectivity index (χ1) is 17.7. The number of carbonyl (C=O) groups excluding carboxylic acids is 1. The highest BCUT2D eigenvalue weighted by Gasteiger charge is 2.52. The van der Waals surface area contributed by atoms with E-state index in [0.29, 0.717) is 38.4 Å². The number of anilines is 2. The van der Waals surface area contributed by atoms with Crippen LogP contribution in [0.4, 0.5) is 20.2 Å². The quantitative estimate of drug-likeness (QED) is 0.324. The molecule has 2 aliphatic rings.